The Balaban J connectivity index is 1.34. The maximum absolute atomic E-state index is 13.4. The minimum atomic E-state index is -1.56. The molecule has 4 saturated carbocycles. The van der Waals surface area contributed by atoms with Gasteiger partial charge in [-0.2, -0.15) is 0 Å². The lowest BCUT2D eigenvalue weighted by Crippen LogP contribution is -2.46. The molecule has 0 aliphatic heterocycles. The molecular weight excluding hydrogens is 431 g/mol. The maximum Gasteiger partial charge on any atom is 0.255 e. The van der Waals surface area contributed by atoms with Gasteiger partial charge in [-0.1, -0.05) is 11.6 Å². The molecule has 0 unspecified atom stereocenters. The quantitative estimate of drug-likeness (QED) is 0.511. The molecule has 158 valence electrons. The van der Waals surface area contributed by atoms with Crippen molar-refractivity contribution in [2.75, 3.05) is 5.32 Å². The van der Waals surface area contributed by atoms with Crippen LogP contribution in [0.4, 0.5) is 18.9 Å². The molecule has 30 heavy (non-hydrogen) atoms. The molecule has 4 aliphatic rings. The van der Waals surface area contributed by atoms with Crippen molar-refractivity contribution >= 4 is 35.0 Å². The van der Waals surface area contributed by atoms with Gasteiger partial charge in [0.05, 0.1) is 5.02 Å². The summed E-state index contributed by atoms with van der Waals surface area (Å²) in [7, 11) is 0. The summed E-state index contributed by atoms with van der Waals surface area (Å²) in [6, 6.07) is 6.52. The number of rotatable bonds is 4. The number of hydrogen-bond donors (Lipinski definition) is 1. The van der Waals surface area contributed by atoms with Gasteiger partial charge in [0.15, 0.2) is 17.5 Å². The van der Waals surface area contributed by atoms with Crippen LogP contribution in [0.1, 0.15) is 42.5 Å². The van der Waals surface area contributed by atoms with E-state index in [1.165, 1.54) is 32.1 Å². The van der Waals surface area contributed by atoms with Crippen LogP contribution in [0.2, 0.25) is 5.02 Å². The summed E-state index contributed by atoms with van der Waals surface area (Å²) in [6.45, 7) is 0. The van der Waals surface area contributed by atoms with Crippen molar-refractivity contribution in [3.05, 3.63) is 58.4 Å². The second-order valence-corrected chi connectivity index (χ2v) is 10.5. The Kier molecular flexibility index (Phi) is 5.26. The van der Waals surface area contributed by atoms with Crippen LogP contribution in [0.15, 0.2) is 35.2 Å². The standard InChI is InChI=1S/C23H21ClF3NOS/c24-17-2-1-13(23(29)28-16-9-18(25)21(27)19(26)10-16)8-20(17)30-22-14-4-11-3-12(6-14)7-15(22)5-11/h1-2,8-12,14-15,22H,3-7H2,(H,28,29)/t11-,12?,14+,15?,22?/m0/s1. The van der Waals surface area contributed by atoms with E-state index in [1.54, 1.807) is 30.0 Å². The normalized spacial score (nSPS) is 29.3. The first-order chi connectivity index (χ1) is 14.4. The van der Waals surface area contributed by atoms with Crippen LogP contribution in [-0.4, -0.2) is 11.2 Å². The van der Waals surface area contributed by atoms with Crippen LogP contribution in [0.25, 0.3) is 0 Å². The Morgan fingerprint density at radius 2 is 1.53 bits per heavy atom. The van der Waals surface area contributed by atoms with Crippen LogP contribution >= 0.6 is 23.4 Å². The number of carbonyl (C=O) groups is 1. The number of amides is 1. The van der Waals surface area contributed by atoms with E-state index >= 15 is 0 Å². The van der Waals surface area contributed by atoms with E-state index in [9.17, 15) is 18.0 Å². The maximum atomic E-state index is 13.4. The number of hydrogen-bond acceptors (Lipinski definition) is 2. The average Bonchev–Trinajstić information content (AvgIpc) is 2.69. The van der Waals surface area contributed by atoms with E-state index in [-0.39, 0.29) is 5.69 Å². The molecule has 7 heteroatoms. The zero-order valence-corrected chi connectivity index (χ0v) is 17.7. The molecule has 0 aromatic heterocycles. The van der Waals surface area contributed by atoms with Crippen molar-refractivity contribution in [1.29, 1.82) is 0 Å². The third kappa shape index (κ3) is 3.73. The molecule has 0 spiro atoms. The first-order valence-corrected chi connectivity index (χ1v) is 11.5. The topological polar surface area (TPSA) is 29.1 Å². The number of benzene rings is 2. The number of thioether (sulfide) groups is 1. The van der Waals surface area contributed by atoms with E-state index < -0.39 is 23.4 Å². The van der Waals surface area contributed by atoms with Gasteiger partial charge < -0.3 is 5.32 Å². The van der Waals surface area contributed by atoms with Gasteiger partial charge in [-0.05, 0) is 74.0 Å². The van der Waals surface area contributed by atoms with Crippen molar-refractivity contribution in [3.63, 3.8) is 0 Å². The molecule has 0 saturated heterocycles. The molecule has 4 aliphatic carbocycles. The Morgan fingerprint density at radius 1 is 0.933 bits per heavy atom. The number of anilines is 1. The second kappa shape index (κ2) is 7.79. The third-order valence-corrected chi connectivity index (χ3v) is 8.91. The van der Waals surface area contributed by atoms with Gasteiger partial charge in [-0.15, -0.1) is 11.8 Å². The Bertz CT molecular complexity index is 963. The van der Waals surface area contributed by atoms with E-state index in [0.29, 0.717) is 27.7 Å². The van der Waals surface area contributed by atoms with Crippen molar-refractivity contribution in [3.8, 4) is 0 Å². The number of halogens is 4. The van der Waals surface area contributed by atoms with Crippen LogP contribution in [0.3, 0.4) is 0 Å². The summed E-state index contributed by atoms with van der Waals surface area (Å²) in [5, 5.41) is 3.55. The Hall–Kier alpha value is -1.66. The van der Waals surface area contributed by atoms with Crippen molar-refractivity contribution in [1.82, 2.24) is 0 Å². The minimum absolute atomic E-state index is 0.137. The predicted octanol–water partition coefficient (Wildman–Crippen LogP) is 6.93. The van der Waals surface area contributed by atoms with Gasteiger partial charge in [-0.25, -0.2) is 13.2 Å². The third-order valence-electron chi connectivity index (χ3n) is 6.84. The second-order valence-electron chi connectivity index (χ2n) is 8.87. The minimum Gasteiger partial charge on any atom is -0.322 e. The van der Waals surface area contributed by atoms with Gasteiger partial charge in [0.2, 0.25) is 0 Å². The van der Waals surface area contributed by atoms with Crippen LogP contribution in [-0.2, 0) is 0 Å². The fraction of sp³-hybridized carbons (Fsp3) is 0.435. The van der Waals surface area contributed by atoms with E-state index in [0.717, 1.165) is 28.9 Å². The summed E-state index contributed by atoms with van der Waals surface area (Å²) in [5.41, 5.74) is 0.206. The smallest absolute Gasteiger partial charge is 0.255 e. The lowest BCUT2D eigenvalue weighted by atomic mass is 9.56. The van der Waals surface area contributed by atoms with Gasteiger partial charge in [0.1, 0.15) is 0 Å². The van der Waals surface area contributed by atoms with Gasteiger partial charge in [0.25, 0.3) is 5.91 Å². The summed E-state index contributed by atoms with van der Waals surface area (Å²) < 4.78 is 40.0. The summed E-state index contributed by atoms with van der Waals surface area (Å²) in [6.07, 6.45) is 6.58. The average molecular weight is 452 g/mol. The molecule has 2 aromatic rings. The highest BCUT2D eigenvalue weighted by Crippen LogP contribution is 2.58. The highest BCUT2D eigenvalue weighted by Gasteiger charge is 2.48. The Labute approximate surface area is 182 Å². The van der Waals surface area contributed by atoms with Crippen molar-refractivity contribution in [2.45, 2.75) is 42.2 Å². The lowest BCUT2D eigenvalue weighted by molar-refractivity contribution is 0.0267. The largest absolute Gasteiger partial charge is 0.322 e. The lowest BCUT2D eigenvalue weighted by Gasteiger charge is -2.54. The van der Waals surface area contributed by atoms with Crippen molar-refractivity contribution in [2.24, 2.45) is 23.7 Å². The number of carbonyl (C=O) groups excluding carboxylic acids is 1. The molecule has 2 nitrogen and oxygen atoms in total. The van der Waals surface area contributed by atoms with E-state index in [1.807, 2.05) is 0 Å². The molecule has 4 fully saturated rings. The molecule has 0 radical (unpaired) electrons. The SMILES string of the molecule is O=C(Nc1cc(F)c(F)c(F)c1)c1ccc(Cl)c(SC2C3CC4C[C@H](C3)C[C@@H]2C4)c1. The zero-order valence-electron chi connectivity index (χ0n) is 16.1. The first kappa shape index (κ1) is 20.3. The molecule has 2 aromatic carbocycles. The molecule has 0 heterocycles. The van der Waals surface area contributed by atoms with Gasteiger partial charge in [0, 0.05) is 33.5 Å². The van der Waals surface area contributed by atoms with Gasteiger partial charge in [-0.3, -0.25) is 4.79 Å². The highest BCUT2D eigenvalue weighted by atomic mass is 35.5. The molecule has 6 rings (SSSR count). The first-order valence-electron chi connectivity index (χ1n) is 10.3. The molecule has 0 atom stereocenters. The van der Waals surface area contributed by atoms with Crippen LogP contribution < -0.4 is 5.32 Å². The van der Waals surface area contributed by atoms with Crippen LogP contribution in [0, 0.1) is 41.1 Å². The zero-order chi connectivity index (χ0) is 21.0. The summed E-state index contributed by atoms with van der Waals surface area (Å²) in [4.78, 5) is 13.5. The Morgan fingerprint density at radius 3 is 2.13 bits per heavy atom. The van der Waals surface area contributed by atoms with Crippen molar-refractivity contribution < 1.29 is 18.0 Å². The predicted molar refractivity (Wildman–Crippen MR) is 112 cm³/mol. The van der Waals surface area contributed by atoms with E-state index in [4.69, 9.17) is 11.6 Å². The van der Waals surface area contributed by atoms with Crippen LogP contribution in [0.5, 0.6) is 0 Å². The number of nitrogens with one attached hydrogen (secondary N) is 1. The summed E-state index contributed by atoms with van der Waals surface area (Å²) in [5.74, 6) is -1.59. The summed E-state index contributed by atoms with van der Waals surface area (Å²) >= 11 is 8.21. The van der Waals surface area contributed by atoms with Gasteiger partial charge >= 0.3 is 0 Å². The van der Waals surface area contributed by atoms with E-state index in [2.05, 4.69) is 5.32 Å². The monoisotopic (exact) mass is 451 g/mol. The molecular formula is C23H21ClF3NOS. The fourth-order valence-corrected chi connectivity index (χ4v) is 7.53. The molecule has 4 bridgehead atoms. The molecule has 1 amide bonds. The molecule has 1 N–H and O–H groups in total. The fourth-order valence-electron chi connectivity index (χ4n) is 5.78. The highest BCUT2D eigenvalue weighted by molar-refractivity contribution is 8.00.